The zero-order valence-corrected chi connectivity index (χ0v) is 16.0. The summed E-state index contributed by atoms with van der Waals surface area (Å²) in [7, 11) is 1.58. The molecule has 0 radical (unpaired) electrons. The third-order valence-corrected chi connectivity index (χ3v) is 5.04. The summed E-state index contributed by atoms with van der Waals surface area (Å²) in [5, 5.41) is 6.42. The highest BCUT2D eigenvalue weighted by Gasteiger charge is 2.40. The summed E-state index contributed by atoms with van der Waals surface area (Å²) in [5.41, 5.74) is -0.191. The van der Waals surface area contributed by atoms with Crippen LogP contribution in [0.2, 0.25) is 10.0 Å². The fraction of sp³-hybridized carbons (Fsp3) is 0.562. The van der Waals surface area contributed by atoms with Crippen molar-refractivity contribution >= 4 is 41.5 Å². The molecule has 4 nitrogen and oxygen atoms in total. The van der Waals surface area contributed by atoms with Crippen molar-refractivity contribution in [3.8, 4) is 0 Å². The number of nitrogens with one attached hydrogen (secondary N) is 2. The van der Waals surface area contributed by atoms with E-state index in [1.54, 1.807) is 14.0 Å². The molecule has 1 aliphatic rings. The highest BCUT2D eigenvalue weighted by Crippen LogP contribution is 2.34. The Kier molecular flexibility index (Phi) is 8.23. The van der Waals surface area contributed by atoms with Gasteiger partial charge < -0.3 is 15.4 Å². The van der Waals surface area contributed by atoms with Gasteiger partial charge in [-0.3, -0.25) is 4.79 Å². The minimum atomic E-state index is -0.583. The van der Waals surface area contributed by atoms with Crippen molar-refractivity contribution in [2.75, 3.05) is 26.8 Å². The molecule has 1 heterocycles. The lowest BCUT2D eigenvalue weighted by molar-refractivity contribution is -0.136. The third kappa shape index (κ3) is 4.52. The second-order valence-electron chi connectivity index (χ2n) is 5.92. The van der Waals surface area contributed by atoms with Crippen LogP contribution < -0.4 is 10.6 Å². The van der Waals surface area contributed by atoms with Gasteiger partial charge in [0.1, 0.15) is 5.82 Å². The van der Waals surface area contributed by atoms with Gasteiger partial charge in [-0.2, -0.15) is 0 Å². The van der Waals surface area contributed by atoms with E-state index < -0.39 is 17.3 Å². The quantitative estimate of drug-likeness (QED) is 0.742. The molecule has 1 aliphatic heterocycles. The monoisotopic (exact) mass is 398 g/mol. The lowest BCUT2D eigenvalue weighted by Crippen LogP contribution is -2.50. The smallest absolute Gasteiger partial charge is 0.229 e. The molecule has 0 spiro atoms. The van der Waals surface area contributed by atoms with Gasteiger partial charge in [0.25, 0.3) is 0 Å². The number of hydrogen-bond acceptors (Lipinski definition) is 3. The van der Waals surface area contributed by atoms with Crippen LogP contribution in [0.15, 0.2) is 12.1 Å². The van der Waals surface area contributed by atoms with Gasteiger partial charge in [0.2, 0.25) is 5.91 Å². The standard InChI is InChI=1S/C16H21Cl2FN2O2.ClH/c1-10(13-11(17)3-4-12(19)14(13)18)21-15(22)16(9-23-2)5-7-20-8-6-16;/h3-4,10,20H,5-9H2,1-2H3,(H,21,22);1H. The minimum Gasteiger partial charge on any atom is -0.384 e. The second kappa shape index (κ2) is 9.20. The molecule has 1 atom stereocenters. The third-order valence-electron chi connectivity index (χ3n) is 4.32. The van der Waals surface area contributed by atoms with Crippen LogP contribution in [0.25, 0.3) is 0 Å². The minimum absolute atomic E-state index is 0. The Morgan fingerprint density at radius 1 is 1.42 bits per heavy atom. The number of carbonyl (C=O) groups is 1. The summed E-state index contributed by atoms with van der Waals surface area (Å²) < 4.78 is 18.9. The summed E-state index contributed by atoms with van der Waals surface area (Å²) in [6.45, 7) is 3.60. The first-order chi connectivity index (χ1) is 10.9. The van der Waals surface area contributed by atoms with Gasteiger partial charge in [-0.25, -0.2) is 4.39 Å². The van der Waals surface area contributed by atoms with E-state index >= 15 is 0 Å². The molecule has 0 saturated carbocycles. The van der Waals surface area contributed by atoms with E-state index in [2.05, 4.69) is 10.6 Å². The average molecular weight is 400 g/mol. The lowest BCUT2D eigenvalue weighted by atomic mass is 9.78. The van der Waals surface area contributed by atoms with Crippen molar-refractivity contribution in [2.45, 2.75) is 25.8 Å². The van der Waals surface area contributed by atoms with Crippen LogP contribution in [-0.2, 0) is 9.53 Å². The highest BCUT2D eigenvalue weighted by molar-refractivity contribution is 6.36. The second-order valence-corrected chi connectivity index (χ2v) is 6.70. The summed E-state index contributed by atoms with van der Waals surface area (Å²) in [6.07, 6.45) is 1.37. The van der Waals surface area contributed by atoms with Crippen LogP contribution in [0.4, 0.5) is 4.39 Å². The fourth-order valence-corrected chi connectivity index (χ4v) is 3.68. The molecule has 1 fully saturated rings. The molecule has 0 aliphatic carbocycles. The Labute approximate surface area is 157 Å². The largest absolute Gasteiger partial charge is 0.384 e. The Balaban J connectivity index is 0.00000288. The first-order valence-corrected chi connectivity index (χ1v) is 8.31. The van der Waals surface area contributed by atoms with Crippen molar-refractivity contribution in [2.24, 2.45) is 5.41 Å². The summed E-state index contributed by atoms with van der Waals surface area (Å²) in [6, 6.07) is 2.15. The van der Waals surface area contributed by atoms with Crippen molar-refractivity contribution < 1.29 is 13.9 Å². The summed E-state index contributed by atoms with van der Waals surface area (Å²) >= 11 is 12.1. The van der Waals surface area contributed by atoms with E-state index in [0.29, 0.717) is 30.0 Å². The van der Waals surface area contributed by atoms with E-state index in [1.165, 1.54) is 12.1 Å². The predicted molar refractivity (Wildman–Crippen MR) is 96.6 cm³/mol. The molecule has 0 bridgehead atoms. The molecule has 8 heteroatoms. The molecule has 1 aromatic carbocycles. The molecule has 2 rings (SSSR count). The molecule has 1 amide bonds. The van der Waals surface area contributed by atoms with Gasteiger partial charge in [-0.05, 0) is 45.0 Å². The molecule has 2 N–H and O–H groups in total. The number of halogens is 4. The van der Waals surface area contributed by atoms with Gasteiger partial charge >= 0.3 is 0 Å². The van der Waals surface area contributed by atoms with E-state index in [9.17, 15) is 9.18 Å². The maximum absolute atomic E-state index is 13.7. The van der Waals surface area contributed by atoms with Crippen LogP contribution >= 0.6 is 35.6 Å². The van der Waals surface area contributed by atoms with Crippen molar-refractivity contribution in [1.29, 1.82) is 0 Å². The Hall–Kier alpha value is -0.590. The van der Waals surface area contributed by atoms with Gasteiger partial charge in [0, 0.05) is 17.7 Å². The number of methoxy groups -OCH3 is 1. The number of carbonyl (C=O) groups excluding carboxylic acids is 1. The van der Waals surface area contributed by atoms with Crippen LogP contribution in [0.5, 0.6) is 0 Å². The number of hydrogen-bond donors (Lipinski definition) is 2. The Morgan fingerprint density at radius 2 is 2.04 bits per heavy atom. The topological polar surface area (TPSA) is 50.4 Å². The number of benzene rings is 1. The van der Waals surface area contributed by atoms with Gasteiger partial charge in [0.05, 0.1) is 23.1 Å². The van der Waals surface area contributed by atoms with E-state index in [0.717, 1.165) is 13.1 Å². The molecular weight excluding hydrogens is 378 g/mol. The zero-order chi connectivity index (χ0) is 17.0. The number of amides is 1. The van der Waals surface area contributed by atoms with Crippen molar-refractivity contribution in [3.05, 3.63) is 33.6 Å². The Morgan fingerprint density at radius 3 is 2.62 bits per heavy atom. The molecule has 24 heavy (non-hydrogen) atoms. The molecule has 1 unspecified atom stereocenters. The zero-order valence-electron chi connectivity index (χ0n) is 13.6. The summed E-state index contributed by atoms with van der Waals surface area (Å²) in [4.78, 5) is 12.8. The first kappa shape index (κ1) is 21.5. The Bertz CT molecular complexity index is 575. The molecule has 0 aromatic heterocycles. The van der Waals surface area contributed by atoms with Crippen molar-refractivity contribution in [1.82, 2.24) is 10.6 Å². The molecule has 1 saturated heterocycles. The van der Waals surface area contributed by atoms with Crippen LogP contribution in [0.1, 0.15) is 31.4 Å². The lowest BCUT2D eigenvalue weighted by Gasteiger charge is -2.36. The van der Waals surface area contributed by atoms with Crippen LogP contribution in [0.3, 0.4) is 0 Å². The fourth-order valence-electron chi connectivity index (χ4n) is 2.98. The first-order valence-electron chi connectivity index (χ1n) is 7.55. The molecular formula is C16H22Cl3FN2O2. The SMILES string of the molecule is COCC1(C(=O)NC(C)c2c(Cl)ccc(F)c2Cl)CCNCC1.Cl. The number of rotatable bonds is 5. The van der Waals surface area contributed by atoms with Crippen LogP contribution in [-0.4, -0.2) is 32.7 Å². The maximum atomic E-state index is 13.7. The average Bonchev–Trinajstić information content (AvgIpc) is 2.52. The van der Waals surface area contributed by atoms with Gasteiger partial charge in [-0.1, -0.05) is 23.2 Å². The molecule has 1 aromatic rings. The maximum Gasteiger partial charge on any atom is 0.229 e. The highest BCUT2D eigenvalue weighted by atomic mass is 35.5. The van der Waals surface area contributed by atoms with E-state index in [4.69, 9.17) is 27.9 Å². The number of piperidine rings is 1. The van der Waals surface area contributed by atoms with Crippen LogP contribution in [0, 0.1) is 11.2 Å². The molecule has 136 valence electrons. The number of ether oxygens (including phenoxy) is 1. The normalized spacial score (nSPS) is 17.7. The van der Waals surface area contributed by atoms with Gasteiger partial charge in [-0.15, -0.1) is 12.4 Å². The van der Waals surface area contributed by atoms with E-state index in [-0.39, 0.29) is 23.3 Å². The predicted octanol–water partition coefficient (Wildman–Crippen LogP) is 3.75. The summed E-state index contributed by atoms with van der Waals surface area (Å²) in [5.74, 6) is -0.676. The van der Waals surface area contributed by atoms with Crippen molar-refractivity contribution in [3.63, 3.8) is 0 Å². The van der Waals surface area contributed by atoms with E-state index in [1.807, 2.05) is 0 Å². The van der Waals surface area contributed by atoms with Gasteiger partial charge in [0.15, 0.2) is 0 Å².